The van der Waals surface area contributed by atoms with Gasteiger partial charge in [0.1, 0.15) is 5.82 Å². The number of rotatable bonds is 5. The molecule has 0 aliphatic heterocycles. The molecule has 0 atom stereocenters. The Kier molecular flexibility index (Phi) is 5.17. The zero-order valence-corrected chi connectivity index (χ0v) is 14.2. The highest BCUT2D eigenvalue weighted by Gasteiger charge is 2.14. The SMILES string of the molecule is CCCNc1nc(N(C)C)nc(-c2ccccc2)c1I. The van der Waals surface area contributed by atoms with E-state index in [2.05, 4.69) is 56.9 Å². The van der Waals surface area contributed by atoms with Crippen molar-refractivity contribution in [3.05, 3.63) is 33.9 Å². The molecule has 2 rings (SSSR count). The summed E-state index contributed by atoms with van der Waals surface area (Å²) in [6.07, 6.45) is 1.07. The van der Waals surface area contributed by atoms with Crippen molar-refractivity contribution in [2.45, 2.75) is 13.3 Å². The van der Waals surface area contributed by atoms with Crippen LogP contribution in [-0.2, 0) is 0 Å². The van der Waals surface area contributed by atoms with Gasteiger partial charge in [-0.1, -0.05) is 37.3 Å². The summed E-state index contributed by atoms with van der Waals surface area (Å²) in [6.45, 7) is 3.06. The topological polar surface area (TPSA) is 41.1 Å². The summed E-state index contributed by atoms with van der Waals surface area (Å²) >= 11 is 2.32. The maximum absolute atomic E-state index is 4.68. The molecule has 1 aromatic heterocycles. The van der Waals surface area contributed by atoms with Crippen LogP contribution >= 0.6 is 22.6 Å². The lowest BCUT2D eigenvalue weighted by Crippen LogP contribution is -2.16. The molecule has 0 radical (unpaired) electrons. The lowest BCUT2D eigenvalue weighted by Gasteiger charge is -2.16. The number of halogens is 1. The molecule has 2 aromatic rings. The van der Waals surface area contributed by atoms with E-state index >= 15 is 0 Å². The highest BCUT2D eigenvalue weighted by molar-refractivity contribution is 14.1. The average Bonchev–Trinajstić information content (AvgIpc) is 2.47. The molecule has 20 heavy (non-hydrogen) atoms. The van der Waals surface area contributed by atoms with Gasteiger partial charge >= 0.3 is 0 Å². The van der Waals surface area contributed by atoms with Gasteiger partial charge in [-0.05, 0) is 29.0 Å². The van der Waals surface area contributed by atoms with Crippen molar-refractivity contribution in [3.8, 4) is 11.3 Å². The quantitative estimate of drug-likeness (QED) is 0.802. The Morgan fingerprint density at radius 3 is 2.45 bits per heavy atom. The largest absolute Gasteiger partial charge is 0.369 e. The zero-order chi connectivity index (χ0) is 14.5. The molecule has 106 valence electrons. The summed E-state index contributed by atoms with van der Waals surface area (Å²) in [5, 5.41) is 3.38. The molecular formula is C15H19IN4. The maximum Gasteiger partial charge on any atom is 0.227 e. The summed E-state index contributed by atoms with van der Waals surface area (Å²) in [7, 11) is 3.92. The highest BCUT2D eigenvalue weighted by atomic mass is 127. The fourth-order valence-corrected chi connectivity index (χ4v) is 2.53. The van der Waals surface area contributed by atoms with E-state index in [9.17, 15) is 0 Å². The van der Waals surface area contributed by atoms with E-state index in [1.807, 2.05) is 37.2 Å². The third-order valence-corrected chi connectivity index (χ3v) is 3.85. The zero-order valence-electron chi connectivity index (χ0n) is 12.0. The first-order chi connectivity index (χ1) is 9.63. The number of benzene rings is 1. The standard InChI is InChI=1S/C15H19IN4/c1-4-10-17-14-12(16)13(11-8-6-5-7-9-11)18-15(19-14)20(2)3/h5-9H,4,10H2,1-3H3,(H,17,18,19). The van der Waals surface area contributed by atoms with Crippen LogP contribution in [0.25, 0.3) is 11.3 Å². The van der Waals surface area contributed by atoms with E-state index in [-0.39, 0.29) is 0 Å². The van der Waals surface area contributed by atoms with E-state index in [0.29, 0.717) is 0 Å². The summed E-state index contributed by atoms with van der Waals surface area (Å²) < 4.78 is 1.06. The molecule has 0 saturated heterocycles. The van der Waals surface area contributed by atoms with Crippen LogP contribution in [0, 0.1) is 3.57 Å². The highest BCUT2D eigenvalue weighted by Crippen LogP contribution is 2.29. The first-order valence-electron chi connectivity index (χ1n) is 6.67. The number of aromatic nitrogens is 2. The van der Waals surface area contributed by atoms with E-state index in [1.165, 1.54) is 0 Å². The van der Waals surface area contributed by atoms with Gasteiger partial charge < -0.3 is 10.2 Å². The fourth-order valence-electron chi connectivity index (χ4n) is 1.78. The molecule has 0 unspecified atom stereocenters. The van der Waals surface area contributed by atoms with Crippen LogP contribution in [0.1, 0.15) is 13.3 Å². The van der Waals surface area contributed by atoms with Gasteiger partial charge in [-0.3, -0.25) is 0 Å². The van der Waals surface area contributed by atoms with E-state index in [1.54, 1.807) is 0 Å². The van der Waals surface area contributed by atoms with E-state index in [4.69, 9.17) is 0 Å². The van der Waals surface area contributed by atoms with Gasteiger partial charge in [0.25, 0.3) is 0 Å². The van der Waals surface area contributed by atoms with Crippen LogP contribution in [0.5, 0.6) is 0 Å². The van der Waals surface area contributed by atoms with Gasteiger partial charge in [-0.15, -0.1) is 0 Å². The molecule has 1 N–H and O–H groups in total. The van der Waals surface area contributed by atoms with Crippen molar-refractivity contribution in [1.29, 1.82) is 0 Å². The van der Waals surface area contributed by atoms with Crippen molar-refractivity contribution in [2.75, 3.05) is 30.9 Å². The smallest absolute Gasteiger partial charge is 0.227 e. The van der Waals surface area contributed by atoms with Crippen molar-refractivity contribution >= 4 is 34.4 Å². The summed E-state index contributed by atoms with van der Waals surface area (Å²) in [5.74, 6) is 1.63. The number of nitrogens with zero attached hydrogens (tertiary/aromatic N) is 3. The summed E-state index contributed by atoms with van der Waals surface area (Å²) in [4.78, 5) is 11.2. The lowest BCUT2D eigenvalue weighted by molar-refractivity contribution is 0.947. The predicted molar refractivity (Wildman–Crippen MR) is 93.3 cm³/mol. The molecular weight excluding hydrogens is 363 g/mol. The summed E-state index contributed by atoms with van der Waals surface area (Å²) in [5.41, 5.74) is 2.09. The normalized spacial score (nSPS) is 10.4. The van der Waals surface area contributed by atoms with Gasteiger partial charge in [-0.25, -0.2) is 4.98 Å². The maximum atomic E-state index is 4.68. The first-order valence-corrected chi connectivity index (χ1v) is 7.75. The molecule has 0 amide bonds. The van der Waals surface area contributed by atoms with Crippen LogP contribution in [-0.4, -0.2) is 30.6 Å². The molecule has 4 nitrogen and oxygen atoms in total. The Morgan fingerprint density at radius 1 is 1.15 bits per heavy atom. The molecule has 5 heteroatoms. The van der Waals surface area contributed by atoms with Gasteiger partial charge in [0.05, 0.1) is 9.26 Å². The van der Waals surface area contributed by atoms with Crippen molar-refractivity contribution in [2.24, 2.45) is 0 Å². The second-order valence-electron chi connectivity index (χ2n) is 4.72. The third-order valence-electron chi connectivity index (χ3n) is 2.83. The fraction of sp³-hybridized carbons (Fsp3) is 0.333. The predicted octanol–water partition coefficient (Wildman–Crippen LogP) is 3.64. The molecule has 0 aliphatic carbocycles. The monoisotopic (exact) mass is 382 g/mol. The second-order valence-corrected chi connectivity index (χ2v) is 5.80. The molecule has 0 fully saturated rings. The molecule has 1 heterocycles. The van der Waals surface area contributed by atoms with Crippen LogP contribution in [0.2, 0.25) is 0 Å². The van der Waals surface area contributed by atoms with Gasteiger partial charge in [0, 0.05) is 26.2 Å². The molecule has 0 aliphatic rings. The number of hydrogen-bond donors (Lipinski definition) is 1. The Morgan fingerprint density at radius 2 is 1.85 bits per heavy atom. The van der Waals surface area contributed by atoms with Crippen molar-refractivity contribution in [1.82, 2.24) is 9.97 Å². The van der Waals surface area contributed by atoms with E-state index < -0.39 is 0 Å². The van der Waals surface area contributed by atoms with Crippen LogP contribution in [0.4, 0.5) is 11.8 Å². The Labute approximate surface area is 133 Å². The van der Waals surface area contributed by atoms with Crippen LogP contribution < -0.4 is 10.2 Å². The number of hydrogen-bond acceptors (Lipinski definition) is 4. The Hall–Kier alpha value is -1.37. The van der Waals surface area contributed by atoms with Crippen molar-refractivity contribution in [3.63, 3.8) is 0 Å². The van der Waals surface area contributed by atoms with Gasteiger partial charge in [-0.2, -0.15) is 4.98 Å². The number of anilines is 2. The van der Waals surface area contributed by atoms with Gasteiger partial charge in [0.15, 0.2) is 0 Å². The molecule has 0 saturated carbocycles. The average molecular weight is 382 g/mol. The third kappa shape index (κ3) is 3.39. The number of nitrogens with one attached hydrogen (secondary N) is 1. The van der Waals surface area contributed by atoms with Gasteiger partial charge in [0.2, 0.25) is 5.95 Å². The lowest BCUT2D eigenvalue weighted by atomic mass is 10.1. The minimum Gasteiger partial charge on any atom is -0.369 e. The molecule has 0 bridgehead atoms. The van der Waals surface area contributed by atoms with Crippen LogP contribution in [0.15, 0.2) is 30.3 Å². The second kappa shape index (κ2) is 6.88. The Balaban J connectivity index is 2.52. The van der Waals surface area contributed by atoms with Crippen LogP contribution in [0.3, 0.4) is 0 Å². The minimum atomic E-state index is 0.725. The van der Waals surface area contributed by atoms with Crippen molar-refractivity contribution < 1.29 is 0 Å². The summed E-state index contributed by atoms with van der Waals surface area (Å²) in [6, 6.07) is 10.2. The van der Waals surface area contributed by atoms with E-state index in [0.717, 1.165) is 39.6 Å². The molecule has 1 aromatic carbocycles. The molecule has 0 spiro atoms. The first kappa shape index (κ1) is 15.0. The minimum absolute atomic E-state index is 0.725. The Bertz CT molecular complexity index is 570.